The van der Waals surface area contributed by atoms with Gasteiger partial charge in [0.15, 0.2) is 0 Å². The zero-order chi connectivity index (χ0) is 34.0. The van der Waals surface area contributed by atoms with Crippen LogP contribution in [0.4, 0.5) is 0 Å². The highest BCUT2D eigenvalue weighted by atomic mass is 16.4. The lowest BCUT2D eigenvalue weighted by atomic mass is 10.1. The van der Waals surface area contributed by atoms with E-state index in [0.717, 1.165) is 44.6 Å². The summed E-state index contributed by atoms with van der Waals surface area (Å²) in [6.45, 7) is 4.49. The summed E-state index contributed by atoms with van der Waals surface area (Å²) in [5.41, 5.74) is 0. The van der Waals surface area contributed by atoms with E-state index in [0.29, 0.717) is 0 Å². The van der Waals surface area contributed by atoms with Crippen LogP contribution in [0.15, 0.2) is 109 Å². The van der Waals surface area contributed by atoms with Crippen LogP contribution in [0.3, 0.4) is 0 Å². The highest BCUT2D eigenvalue weighted by Crippen LogP contribution is 2.10. The topological polar surface area (TPSA) is 74.6 Å². The molecule has 2 N–H and O–H groups in total. The number of unbranched alkanes of at least 4 members (excludes halogenated alkanes) is 13. The number of carbonyl (C=O) groups is 2. The van der Waals surface area contributed by atoms with E-state index in [4.69, 9.17) is 10.2 Å². The molecule has 0 saturated carbocycles. The van der Waals surface area contributed by atoms with Crippen molar-refractivity contribution in [3.8, 4) is 0 Å². The number of rotatable bonds is 29. The Morgan fingerprint density at radius 2 is 0.783 bits per heavy atom. The summed E-state index contributed by atoms with van der Waals surface area (Å²) in [6, 6.07) is 0. The summed E-state index contributed by atoms with van der Waals surface area (Å²) in [5.74, 6) is -1.64. The van der Waals surface area contributed by atoms with Crippen molar-refractivity contribution in [1.29, 1.82) is 0 Å². The van der Waals surface area contributed by atoms with Crippen LogP contribution >= 0.6 is 0 Å². The quantitative estimate of drug-likeness (QED) is 0.0371. The molecule has 0 aliphatic carbocycles. The highest BCUT2D eigenvalue weighted by molar-refractivity contribution is 5.80. The Hall–Kier alpha value is -3.40. The lowest BCUT2D eigenvalue weighted by Crippen LogP contribution is -1.92. The molecule has 0 saturated heterocycles. The smallest absolute Gasteiger partial charge is 0.328 e. The van der Waals surface area contributed by atoms with Gasteiger partial charge in [-0.25, -0.2) is 4.79 Å². The first kappa shape index (κ1) is 44.7. The lowest BCUT2D eigenvalue weighted by Gasteiger charge is -2.00. The van der Waals surface area contributed by atoms with E-state index in [1.165, 1.54) is 89.5 Å². The first-order valence-electron chi connectivity index (χ1n) is 17.9. The molecule has 4 nitrogen and oxygen atoms in total. The molecule has 0 bridgehead atoms. The van der Waals surface area contributed by atoms with E-state index in [9.17, 15) is 9.59 Å². The fourth-order valence-corrected chi connectivity index (χ4v) is 4.20. The number of hydrogen-bond acceptors (Lipinski definition) is 2. The molecule has 0 aromatic heterocycles. The molecule has 0 aromatic carbocycles. The van der Waals surface area contributed by atoms with Gasteiger partial charge in [-0.1, -0.05) is 181 Å². The van der Waals surface area contributed by atoms with Crippen LogP contribution in [-0.4, -0.2) is 22.2 Å². The summed E-state index contributed by atoms with van der Waals surface area (Å²) in [5, 5.41) is 16.9. The average Bonchev–Trinajstić information content (AvgIpc) is 3.03. The standard InChI is InChI=1S/C22H34O2.C20H32O2/c1-2-3-4-5-6-7-8-9-10-11-12-13-14-15-16-17-18-19-20-21-22(23)24;1-2-3-4-5-6-7-8-9-10-11-12-13-14-15-16-17-18-19-20(21)22/h12-21H,2-11H2,1H3,(H,23,24);6-7,9-10,12-13,15-16H,2-5,8,11,14,17-19H2,1H3,(H,21,22)/b13-12+,15-14+,17-16+,19-18+,21-20+;7-6-,10-9-,13-12-,16-15-. The van der Waals surface area contributed by atoms with Crippen LogP contribution in [0.2, 0.25) is 0 Å². The van der Waals surface area contributed by atoms with E-state index >= 15 is 0 Å². The molecule has 0 radical (unpaired) electrons. The minimum atomic E-state index is -0.930. The molecule has 0 fully saturated rings. The summed E-state index contributed by atoms with van der Waals surface area (Å²) in [7, 11) is 0. The van der Waals surface area contributed by atoms with Gasteiger partial charge < -0.3 is 10.2 Å². The Balaban J connectivity index is 0. The van der Waals surface area contributed by atoms with Crippen molar-refractivity contribution >= 4 is 11.9 Å². The Morgan fingerprint density at radius 1 is 0.413 bits per heavy atom. The zero-order valence-corrected chi connectivity index (χ0v) is 29.2. The van der Waals surface area contributed by atoms with Crippen molar-refractivity contribution < 1.29 is 19.8 Å². The second-order valence-corrected chi connectivity index (χ2v) is 11.3. The van der Waals surface area contributed by atoms with E-state index in [2.05, 4.69) is 74.6 Å². The van der Waals surface area contributed by atoms with Crippen molar-refractivity contribution in [2.24, 2.45) is 0 Å². The monoisotopic (exact) mass is 634 g/mol. The predicted octanol–water partition coefficient (Wildman–Crippen LogP) is 13.0. The highest BCUT2D eigenvalue weighted by Gasteiger charge is 1.93. The molecular weight excluding hydrogens is 568 g/mol. The van der Waals surface area contributed by atoms with Crippen molar-refractivity contribution in [2.45, 2.75) is 142 Å². The molecular formula is C42H66O4. The minimum Gasteiger partial charge on any atom is -0.481 e. The minimum absolute atomic E-state index is 0.262. The van der Waals surface area contributed by atoms with Gasteiger partial charge in [0.2, 0.25) is 0 Å². The van der Waals surface area contributed by atoms with Gasteiger partial charge in [0.1, 0.15) is 0 Å². The van der Waals surface area contributed by atoms with Crippen LogP contribution in [0.5, 0.6) is 0 Å². The van der Waals surface area contributed by atoms with E-state index in [1.807, 2.05) is 24.3 Å². The third-order valence-corrected chi connectivity index (χ3v) is 6.85. The number of aliphatic carboxylic acids is 2. The van der Waals surface area contributed by atoms with Gasteiger partial charge in [-0.2, -0.15) is 0 Å². The molecule has 0 unspecified atom stereocenters. The predicted molar refractivity (Wildman–Crippen MR) is 201 cm³/mol. The van der Waals surface area contributed by atoms with Crippen LogP contribution in [-0.2, 0) is 9.59 Å². The molecule has 0 aliphatic rings. The Labute approximate surface area is 282 Å². The average molecular weight is 635 g/mol. The first-order valence-corrected chi connectivity index (χ1v) is 17.9. The third-order valence-electron chi connectivity index (χ3n) is 6.85. The summed E-state index contributed by atoms with van der Waals surface area (Å²) in [6.07, 6.45) is 59.1. The van der Waals surface area contributed by atoms with Gasteiger partial charge in [0, 0.05) is 12.5 Å². The van der Waals surface area contributed by atoms with Crippen molar-refractivity contribution in [1.82, 2.24) is 0 Å². The number of carboxylic acids is 2. The normalized spacial score (nSPS) is 12.6. The first-order chi connectivity index (χ1) is 22.5. The van der Waals surface area contributed by atoms with E-state index in [1.54, 1.807) is 12.2 Å². The Kier molecular flexibility index (Phi) is 40.4. The number of allylic oxidation sites excluding steroid dienone is 17. The van der Waals surface area contributed by atoms with Gasteiger partial charge in [0.05, 0.1) is 0 Å². The van der Waals surface area contributed by atoms with Crippen molar-refractivity contribution in [2.75, 3.05) is 0 Å². The molecule has 0 atom stereocenters. The van der Waals surface area contributed by atoms with Crippen LogP contribution in [0, 0.1) is 0 Å². The van der Waals surface area contributed by atoms with E-state index in [-0.39, 0.29) is 6.42 Å². The van der Waals surface area contributed by atoms with Crippen molar-refractivity contribution in [3.63, 3.8) is 0 Å². The molecule has 46 heavy (non-hydrogen) atoms. The largest absolute Gasteiger partial charge is 0.481 e. The van der Waals surface area contributed by atoms with Gasteiger partial charge in [-0.05, 0) is 57.8 Å². The molecule has 4 heteroatoms. The van der Waals surface area contributed by atoms with Crippen LogP contribution < -0.4 is 0 Å². The van der Waals surface area contributed by atoms with Crippen molar-refractivity contribution in [3.05, 3.63) is 109 Å². The molecule has 0 rings (SSSR count). The molecule has 0 aromatic rings. The third kappa shape index (κ3) is 47.5. The maximum atomic E-state index is 10.3. The molecule has 258 valence electrons. The fraction of sp³-hybridized carbons (Fsp3) is 0.524. The maximum absolute atomic E-state index is 10.3. The molecule has 0 spiro atoms. The lowest BCUT2D eigenvalue weighted by molar-refractivity contribution is -0.137. The summed E-state index contributed by atoms with van der Waals surface area (Å²) in [4.78, 5) is 20.5. The van der Waals surface area contributed by atoms with Gasteiger partial charge in [0.25, 0.3) is 0 Å². The Morgan fingerprint density at radius 3 is 1.28 bits per heavy atom. The van der Waals surface area contributed by atoms with Gasteiger partial charge >= 0.3 is 11.9 Å². The SMILES string of the molecule is CCCCC/C=C\C/C=C\C/C=C\C/C=C\CCCC(=O)O.CCCCCCCCCCC/C=C/C=C/C=C/C=C/C=C/C(=O)O. The molecule has 0 aliphatic heterocycles. The number of hydrogen-bond donors (Lipinski definition) is 2. The maximum Gasteiger partial charge on any atom is 0.328 e. The van der Waals surface area contributed by atoms with Crippen LogP contribution in [0.25, 0.3) is 0 Å². The Bertz CT molecular complexity index is 941. The number of carboxylic acid groups (broad SMARTS) is 2. The molecule has 0 heterocycles. The van der Waals surface area contributed by atoms with Gasteiger partial charge in [-0.15, -0.1) is 0 Å². The summed E-state index contributed by atoms with van der Waals surface area (Å²) >= 11 is 0. The summed E-state index contributed by atoms with van der Waals surface area (Å²) < 4.78 is 0. The van der Waals surface area contributed by atoms with E-state index < -0.39 is 11.9 Å². The second-order valence-electron chi connectivity index (χ2n) is 11.3. The zero-order valence-electron chi connectivity index (χ0n) is 29.2. The molecule has 0 amide bonds. The van der Waals surface area contributed by atoms with Gasteiger partial charge in [-0.3, -0.25) is 4.79 Å². The fourth-order valence-electron chi connectivity index (χ4n) is 4.20. The second kappa shape index (κ2) is 41.6. The van der Waals surface area contributed by atoms with Crippen LogP contribution in [0.1, 0.15) is 142 Å².